The van der Waals surface area contributed by atoms with E-state index < -0.39 is 0 Å². The highest BCUT2D eigenvalue weighted by atomic mass is 16.5. The van der Waals surface area contributed by atoms with Gasteiger partial charge in [0.1, 0.15) is 6.04 Å². The molecule has 0 spiro atoms. The van der Waals surface area contributed by atoms with Gasteiger partial charge in [-0.2, -0.15) is 0 Å². The van der Waals surface area contributed by atoms with Crippen molar-refractivity contribution in [2.24, 2.45) is 0 Å². The SMILES string of the molecule is COc1ccc(N(C)C(=O)C(c2ccccc2)N(C)C)cc1OC. The van der Waals surface area contributed by atoms with Crippen molar-refractivity contribution in [1.82, 2.24) is 4.90 Å². The van der Waals surface area contributed by atoms with Gasteiger partial charge < -0.3 is 14.4 Å². The zero-order chi connectivity index (χ0) is 17.7. The van der Waals surface area contributed by atoms with Crippen LogP contribution in [-0.2, 0) is 4.79 Å². The highest BCUT2D eigenvalue weighted by Gasteiger charge is 2.27. The Bertz CT molecular complexity index is 686. The summed E-state index contributed by atoms with van der Waals surface area (Å²) in [4.78, 5) is 16.6. The highest BCUT2D eigenvalue weighted by Crippen LogP contribution is 2.32. The van der Waals surface area contributed by atoms with Gasteiger partial charge in [-0.25, -0.2) is 0 Å². The molecule has 0 radical (unpaired) electrons. The fourth-order valence-electron chi connectivity index (χ4n) is 2.64. The highest BCUT2D eigenvalue weighted by molar-refractivity contribution is 5.97. The van der Waals surface area contributed by atoms with Crippen molar-refractivity contribution in [3.63, 3.8) is 0 Å². The van der Waals surface area contributed by atoms with Crippen molar-refractivity contribution < 1.29 is 14.3 Å². The quantitative estimate of drug-likeness (QED) is 0.817. The maximum absolute atomic E-state index is 13.1. The van der Waals surface area contributed by atoms with E-state index in [4.69, 9.17) is 9.47 Å². The van der Waals surface area contributed by atoms with Crippen molar-refractivity contribution in [3.05, 3.63) is 54.1 Å². The summed E-state index contributed by atoms with van der Waals surface area (Å²) in [7, 11) is 8.74. The smallest absolute Gasteiger partial charge is 0.248 e. The van der Waals surface area contributed by atoms with Crippen LogP contribution < -0.4 is 14.4 Å². The summed E-state index contributed by atoms with van der Waals surface area (Å²) < 4.78 is 10.6. The van der Waals surface area contributed by atoms with Crippen LogP contribution in [0.25, 0.3) is 0 Å². The maximum atomic E-state index is 13.1. The third-order valence-corrected chi connectivity index (χ3v) is 3.95. The van der Waals surface area contributed by atoms with Gasteiger partial charge in [0.15, 0.2) is 11.5 Å². The van der Waals surface area contributed by atoms with Gasteiger partial charge in [0.05, 0.1) is 14.2 Å². The number of ether oxygens (including phenoxy) is 2. The molecule has 1 atom stereocenters. The largest absolute Gasteiger partial charge is 0.493 e. The second kappa shape index (κ2) is 7.84. The molecule has 2 aromatic rings. The molecule has 1 unspecified atom stereocenters. The lowest BCUT2D eigenvalue weighted by Crippen LogP contribution is -2.38. The van der Waals surface area contributed by atoms with Gasteiger partial charge in [-0.05, 0) is 31.8 Å². The van der Waals surface area contributed by atoms with Crippen molar-refractivity contribution in [1.29, 1.82) is 0 Å². The van der Waals surface area contributed by atoms with Crippen LogP contribution in [0.4, 0.5) is 5.69 Å². The molecule has 0 saturated carbocycles. The molecule has 128 valence electrons. The fraction of sp³-hybridized carbons (Fsp3) is 0.316. The first-order valence-corrected chi connectivity index (χ1v) is 7.70. The molecule has 0 aliphatic heterocycles. The summed E-state index contributed by atoms with van der Waals surface area (Å²) in [5.41, 5.74) is 1.71. The van der Waals surface area contributed by atoms with Gasteiger partial charge in [-0.1, -0.05) is 30.3 Å². The van der Waals surface area contributed by atoms with E-state index in [2.05, 4.69) is 0 Å². The zero-order valence-corrected chi connectivity index (χ0v) is 14.8. The molecule has 5 nitrogen and oxygen atoms in total. The number of nitrogens with zero attached hydrogens (tertiary/aromatic N) is 2. The number of likely N-dealkylation sites (N-methyl/N-ethyl adjacent to an activating group) is 2. The number of hydrogen-bond acceptors (Lipinski definition) is 4. The molecular weight excluding hydrogens is 304 g/mol. The molecule has 0 aliphatic rings. The standard InChI is InChI=1S/C19H24N2O3/c1-20(2)18(14-9-7-6-8-10-14)19(22)21(3)15-11-12-16(23-4)17(13-15)24-5/h6-13,18H,1-5H3. The number of methoxy groups -OCH3 is 2. The van der Waals surface area contributed by atoms with Crippen molar-refractivity contribution in [2.75, 3.05) is 40.3 Å². The number of rotatable bonds is 6. The molecule has 2 aromatic carbocycles. The molecule has 0 aliphatic carbocycles. The topological polar surface area (TPSA) is 42.0 Å². The lowest BCUT2D eigenvalue weighted by atomic mass is 10.0. The second-order valence-electron chi connectivity index (χ2n) is 5.71. The minimum Gasteiger partial charge on any atom is -0.493 e. The van der Waals surface area contributed by atoms with Gasteiger partial charge >= 0.3 is 0 Å². The number of anilines is 1. The molecule has 0 aromatic heterocycles. The monoisotopic (exact) mass is 328 g/mol. The van der Waals surface area contributed by atoms with Crippen LogP contribution in [0.2, 0.25) is 0 Å². The van der Waals surface area contributed by atoms with Crippen molar-refractivity contribution >= 4 is 11.6 Å². The number of amides is 1. The first-order valence-electron chi connectivity index (χ1n) is 7.70. The third kappa shape index (κ3) is 3.68. The number of benzene rings is 2. The van der Waals surface area contributed by atoms with Crippen molar-refractivity contribution in [3.8, 4) is 11.5 Å². The van der Waals surface area contributed by atoms with Gasteiger partial charge in [0.25, 0.3) is 0 Å². The van der Waals surface area contributed by atoms with Crippen LogP contribution in [0.15, 0.2) is 48.5 Å². The molecule has 0 N–H and O–H groups in total. The van der Waals surface area contributed by atoms with E-state index in [-0.39, 0.29) is 11.9 Å². The number of carbonyl (C=O) groups excluding carboxylic acids is 1. The van der Waals surface area contributed by atoms with Gasteiger partial charge in [-0.3, -0.25) is 9.69 Å². The van der Waals surface area contributed by atoms with Crippen LogP contribution >= 0.6 is 0 Å². The summed E-state index contributed by atoms with van der Waals surface area (Å²) in [5.74, 6) is 1.21. The Kier molecular flexibility index (Phi) is 5.82. The predicted molar refractivity (Wildman–Crippen MR) is 95.8 cm³/mol. The summed E-state index contributed by atoms with van der Waals surface area (Å²) in [5, 5.41) is 0. The van der Waals surface area contributed by atoms with Crippen molar-refractivity contribution in [2.45, 2.75) is 6.04 Å². The summed E-state index contributed by atoms with van der Waals surface area (Å²) in [6.07, 6.45) is 0. The van der Waals surface area contributed by atoms with Crippen LogP contribution in [0.1, 0.15) is 11.6 Å². The normalized spacial score (nSPS) is 11.9. The van der Waals surface area contributed by atoms with Crippen LogP contribution in [0.5, 0.6) is 11.5 Å². The van der Waals surface area contributed by atoms with Gasteiger partial charge in [0, 0.05) is 18.8 Å². The fourth-order valence-corrected chi connectivity index (χ4v) is 2.64. The summed E-state index contributed by atoms with van der Waals surface area (Å²) >= 11 is 0. The lowest BCUT2D eigenvalue weighted by Gasteiger charge is -2.29. The van der Waals surface area contributed by atoms with E-state index in [1.807, 2.05) is 55.4 Å². The first-order chi connectivity index (χ1) is 11.5. The Balaban J connectivity index is 2.33. The Hall–Kier alpha value is -2.53. The van der Waals surface area contributed by atoms with E-state index in [0.717, 1.165) is 11.3 Å². The van der Waals surface area contributed by atoms with Crippen LogP contribution in [0, 0.1) is 0 Å². The minimum absolute atomic E-state index is 0.0154. The average molecular weight is 328 g/mol. The molecule has 24 heavy (non-hydrogen) atoms. The Labute approximate surface area is 143 Å². The third-order valence-electron chi connectivity index (χ3n) is 3.95. The first kappa shape index (κ1) is 17.8. The molecule has 1 amide bonds. The van der Waals surface area contributed by atoms with Gasteiger partial charge in [0.2, 0.25) is 5.91 Å². The van der Waals surface area contributed by atoms with Crippen LogP contribution in [0.3, 0.4) is 0 Å². The lowest BCUT2D eigenvalue weighted by molar-refractivity contribution is -0.122. The van der Waals surface area contributed by atoms with Crippen LogP contribution in [-0.4, -0.2) is 46.2 Å². The summed E-state index contributed by atoms with van der Waals surface area (Å²) in [6.45, 7) is 0. The number of carbonyl (C=O) groups is 1. The number of hydrogen-bond donors (Lipinski definition) is 0. The molecule has 0 heterocycles. The average Bonchev–Trinajstić information content (AvgIpc) is 2.61. The molecule has 0 fully saturated rings. The summed E-state index contributed by atoms with van der Waals surface area (Å²) in [6, 6.07) is 14.8. The van der Waals surface area contributed by atoms with E-state index in [1.165, 1.54) is 0 Å². The van der Waals surface area contributed by atoms with Gasteiger partial charge in [-0.15, -0.1) is 0 Å². The maximum Gasteiger partial charge on any atom is 0.248 e. The Morgan fingerprint density at radius 1 is 0.917 bits per heavy atom. The Morgan fingerprint density at radius 2 is 1.54 bits per heavy atom. The molecule has 2 rings (SSSR count). The molecule has 0 saturated heterocycles. The van der Waals surface area contributed by atoms with E-state index in [0.29, 0.717) is 11.5 Å². The second-order valence-corrected chi connectivity index (χ2v) is 5.71. The molecule has 0 bridgehead atoms. The predicted octanol–water partition coefficient (Wildman–Crippen LogP) is 2.97. The van der Waals surface area contributed by atoms with E-state index >= 15 is 0 Å². The molecular formula is C19H24N2O3. The van der Waals surface area contributed by atoms with E-state index in [1.54, 1.807) is 38.3 Å². The Morgan fingerprint density at radius 3 is 2.08 bits per heavy atom. The van der Waals surface area contributed by atoms with E-state index in [9.17, 15) is 4.79 Å². The minimum atomic E-state index is -0.357. The zero-order valence-electron chi connectivity index (χ0n) is 14.8. The molecule has 5 heteroatoms.